The van der Waals surface area contributed by atoms with E-state index >= 15 is 0 Å². The van der Waals surface area contributed by atoms with Gasteiger partial charge >= 0.3 is 5.97 Å². The molecule has 1 aromatic heterocycles. The van der Waals surface area contributed by atoms with Crippen LogP contribution in [0, 0.1) is 0 Å². The third kappa shape index (κ3) is 1.34. The summed E-state index contributed by atoms with van der Waals surface area (Å²) in [5, 5.41) is 10.8. The summed E-state index contributed by atoms with van der Waals surface area (Å²) < 4.78 is 0. The molecule has 2 aromatic carbocycles. The second-order valence-corrected chi connectivity index (χ2v) is 3.96. The van der Waals surface area contributed by atoms with E-state index in [1.807, 2.05) is 24.3 Å². The van der Waals surface area contributed by atoms with Crippen molar-refractivity contribution in [2.45, 2.75) is 0 Å². The highest BCUT2D eigenvalue weighted by Crippen LogP contribution is 2.30. The molecule has 0 aliphatic carbocycles. The Balaban J connectivity index is 2.50. The molecule has 84 valence electrons. The van der Waals surface area contributed by atoms with E-state index in [-0.39, 0.29) is 5.56 Å². The highest BCUT2D eigenvalue weighted by molar-refractivity contribution is 6.13. The van der Waals surface area contributed by atoms with Crippen molar-refractivity contribution in [3.8, 4) is 0 Å². The number of para-hydroxylation sites is 1. The van der Waals surface area contributed by atoms with Gasteiger partial charge in [0.05, 0.1) is 16.8 Å². The van der Waals surface area contributed by atoms with E-state index < -0.39 is 5.97 Å². The molecule has 0 saturated carbocycles. The minimum Gasteiger partial charge on any atom is -0.478 e. The summed E-state index contributed by atoms with van der Waals surface area (Å²) in [6.45, 7) is 0. The number of aromatic nitrogens is 1. The van der Waals surface area contributed by atoms with E-state index in [4.69, 9.17) is 10.8 Å². The third-order valence-corrected chi connectivity index (χ3v) is 2.89. The molecule has 4 nitrogen and oxygen atoms in total. The van der Waals surface area contributed by atoms with Crippen molar-refractivity contribution < 1.29 is 9.90 Å². The predicted molar refractivity (Wildman–Crippen MR) is 67.2 cm³/mol. The number of benzene rings is 2. The summed E-state index contributed by atoms with van der Waals surface area (Å²) in [5.74, 6) is -0.969. The van der Waals surface area contributed by atoms with Gasteiger partial charge in [-0.3, -0.25) is 0 Å². The number of nitrogen functional groups attached to an aromatic ring is 1. The van der Waals surface area contributed by atoms with E-state index in [0.717, 1.165) is 21.8 Å². The molecular formula is C13H10N2O2. The lowest BCUT2D eigenvalue weighted by Crippen LogP contribution is -1.98. The third-order valence-electron chi connectivity index (χ3n) is 2.89. The van der Waals surface area contributed by atoms with Crippen molar-refractivity contribution in [1.29, 1.82) is 0 Å². The molecule has 0 amide bonds. The molecule has 0 radical (unpaired) electrons. The number of anilines is 1. The average Bonchev–Trinajstić information content (AvgIpc) is 2.68. The molecule has 0 aliphatic heterocycles. The SMILES string of the molecule is Nc1cc(C(=O)O)cc2c1[nH]c1ccccc12. The summed E-state index contributed by atoms with van der Waals surface area (Å²) in [5.41, 5.74) is 8.27. The van der Waals surface area contributed by atoms with Crippen molar-refractivity contribution >= 4 is 33.5 Å². The van der Waals surface area contributed by atoms with Crippen LogP contribution < -0.4 is 5.73 Å². The number of nitrogens with two attached hydrogens (primary N) is 1. The number of aromatic carboxylic acids is 1. The fraction of sp³-hybridized carbons (Fsp3) is 0. The number of fused-ring (bicyclic) bond motifs is 3. The van der Waals surface area contributed by atoms with Crippen LogP contribution in [0.25, 0.3) is 21.8 Å². The monoisotopic (exact) mass is 226 g/mol. The number of carboxylic acid groups (broad SMARTS) is 1. The topological polar surface area (TPSA) is 79.1 Å². The van der Waals surface area contributed by atoms with Crippen molar-refractivity contribution in [3.05, 3.63) is 42.0 Å². The zero-order valence-electron chi connectivity index (χ0n) is 8.90. The number of H-pyrrole nitrogens is 1. The first-order valence-corrected chi connectivity index (χ1v) is 5.20. The molecule has 0 bridgehead atoms. The standard InChI is InChI=1S/C13H10N2O2/c14-10-6-7(13(16)17)5-9-8-3-1-2-4-11(8)15-12(9)10/h1-6,15H,14H2,(H,16,17). The summed E-state index contributed by atoms with van der Waals surface area (Å²) >= 11 is 0. The number of carboxylic acids is 1. The smallest absolute Gasteiger partial charge is 0.335 e. The Labute approximate surface area is 96.7 Å². The van der Waals surface area contributed by atoms with E-state index in [9.17, 15) is 4.79 Å². The van der Waals surface area contributed by atoms with Gasteiger partial charge in [0, 0.05) is 16.3 Å². The van der Waals surface area contributed by atoms with Crippen molar-refractivity contribution in [3.63, 3.8) is 0 Å². The van der Waals surface area contributed by atoms with Crippen molar-refractivity contribution in [2.75, 3.05) is 5.73 Å². The highest BCUT2D eigenvalue weighted by atomic mass is 16.4. The lowest BCUT2D eigenvalue weighted by Gasteiger charge is -1.99. The molecule has 0 atom stereocenters. The molecule has 3 rings (SSSR count). The number of aromatic amines is 1. The summed E-state index contributed by atoms with van der Waals surface area (Å²) in [6, 6.07) is 10.8. The number of rotatable bonds is 1. The Morgan fingerprint density at radius 2 is 1.94 bits per heavy atom. The molecule has 0 spiro atoms. The van der Waals surface area contributed by atoms with Gasteiger partial charge in [-0.1, -0.05) is 18.2 Å². The van der Waals surface area contributed by atoms with Gasteiger partial charge < -0.3 is 15.8 Å². The van der Waals surface area contributed by atoms with E-state index in [1.54, 1.807) is 6.07 Å². The lowest BCUT2D eigenvalue weighted by atomic mass is 10.1. The van der Waals surface area contributed by atoms with Crippen LogP contribution in [-0.4, -0.2) is 16.1 Å². The first-order chi connectivity index (χ1) is 8.16. The minimum absolute atomic E-state index is 0.208. The Hall–Kier alpha value is -2.49. The van der Waals surface area contributed by atoms with Crippen LogP contribution in [-0.2, 0) is 0 Å². The van der Waals surface area contributed by atoms with Gasteiger partial charge in [-0.2, -0.15) is 0 Å². The van der Waals surface area contributed by atoms with Crippen LogP contribution in [0.4, 0.5) is 5.69 Å². The summed E-state index contributed by atoms with van der Waals surface area (Å²) in [7, 11) is 0. The van der Waals surface area contributed by atoms with Crippen LogP contribution >= 0.6 is 0 Å². The maximum atomic E-state index is 11.0. The summed E-state index contributed by atoms with van der Waals surface area (Å²) in [4.78, 5) is 14.2. The van der Waals surface area contributed by atoms with Gasteiger partial charge in [0.2, 0.25) is 0 Å². The predicted octanol–water partition coefficient (Wildman–Crippen LogP) is 2.60. The molecule has 0 fully saturated rings. The average molecular weight is 226 g/mol. The Bertz CT molecular complexity index is 744. The molecule has 3 aromatic rings. The van der Waals surface area contributed by atoms with E-state index in [0.29, 0.717) is 5.69 Å². The maximum absolute atomic E-state index is 11.0. The molecule has 0 saturated heterocycles. The number of hydrogen-bond donors (Lipinski definition) is 3. The fourth-order valence-electron chi connectivity index (χ4n) is 2.10. The Kier molecular flexibility index (Phi) is 1.86. The van der Waals surface area contributed by atoms with Crippen LogP contribution in [0.3, 0.4) is 0 Å². The minimum atomic E-state index is -0.969. The normalized spacial score (nSPS) is 11.1. The summed E-state index contributed by atoms with van der Waals surface area (Å²) in [6.07, 6.45) is 0. The quantitative estimate of drug-likeness (QED) is 0.558. The lowest BCUT2D eigenvalue weighted by molar-refractivity contribution is 0.0697. The van der Waals surface area contributed by atoms with Gasteiger partial charge in [0.25, 0.3) is 0 Å². The maximum Gasteiger partial charge on any atom is 0.335 e. The van der Waals surface area contributed by atoms with Crippen LogP contribution in [0.1, 0.15) is 10.4 Å². The van der Waals surface area contributed by atoms with Gasteiger partial charge in [-0.15, -0.1) is 0 Å². The number of carbonyl (C=O) groups is 1. The number of nitrogens with one attached hydrogen (secondary N) is 1. The fourth-order valence-corrected chi connectivity index (χ4v) is 2.10. The van der Waals surface area contributed by atoms with Gasteiger partial charge in [-0.25, -0.2) is 4.79 Å². The molecule has 1 heterocycles. The van der Waals surface area contributed by atoms with Crippen LogP contribution in [0.5, 0.6) is 0 Å². The van der Waals surface area contributed by atoms with E-state index in [1.165, 1.54) is 6.07 Å². The second-order valence-electron chi connectivity index (χ2n) is 3.96. The molecule has 4 heteroatoms. The Morgan fingerprint density at radius 3 is 2.71 bits per heavy atom. The van der Waals surface area contributed by atoms with Crippen molar-refractivity contribution in [1.82, 2.24) is 4.98 Å². The molecule has 4 N–H and O–H groups in total. The van der Waals surface area contributed by atoms with Gasteiger partial charge in [0.15, 0.2) is 0 Å². The highest BCUT2D eigenvalue weighted by Gasteiger charge is 2.11. The first-order valence-electron chi connectivity index (χ1n) is 5.20. The van der Waals surface area contributed by atoms with E-state index in [2.05, 4.69) is 4.98 Å². The van der Waals surface area contributed by atoms with Gasteiger partial charge in [0.1, 0.15) is 0 Å². The molecular weight excluding hydrogens is 216 g/mol. The largest absolute Gasteiger partial charge is 0.478 e. The first kappa shape index (κ1) is 9.72. The molecule has 0 aliphatic rings. The molecule has 0 unspecified atom stereocenters. The van der Waals surface area contributed by atoms with Crippen LogP contribution in [0.2, 0.25) is 0 Å². The zero-order chi connectivity index (χ0) is 12.0. The van der Waals surface area contributed by atoms with Gasteiger partial charge in [-0.05, 0) is 18.2 Å². The van der Waals surface area contributed by atoms with Crippen LogP contribution in [0.15, 0.2) is 36.4 Å². The second kappa shape index (κ2) is 3.25. The number of hydrogen-bond acceptors (Lipinski definition) is 2. The van der Waals surface area contributed by atoms with Crippen molar-refractivity contribution in [2.24, 2.45) is 0 Å². The Morgan fingerprint density at radius 1 is 1.18 bits per heavy atom. The zero-order valence-corrected chi connectivity index (χ0v) is 8.90. The molecule has 17 heavy (non-hydrogen) atoms.